The predicted octanol–water partition coefficient (Wildman–Crippen LogP) is 2.31. The number of nitrogens with one attached hydrogen (secondary N) is 1. The van der Waals surface area contributed by atoms with Crippen molar-refractivity contribution in [3.63, 3.8) is 0 Å². The summed E-state index contributed by atoms with van der Waals surface area (Å²) in [6, 6.07) is 4.36. The minimum Gasteiger partial charge on any atom is -0.380 e. The Labute approximate surface area is 103 Å². The van der Waals surface area contributed by atoms with Crippen LogP contribution in [0.1, 0.15) is 18.2 Å². The van der Waals surface area contributed by atoms with Gasteiger partial charge in [-0.25, -0.2) is 0 Å². The SMILES string of the molecule is CCCOCC(Cc1ccc(Br)s1)NN. The first kappa shape index (κ1) is 13.1. The van der Waals surface area contributed by atoms with Crippen LogP contribution < -0.4 is 11.3 Å². The topological polar surface area (TPSA) is 47.3 Å². The van der Waals surface area contributed by atoms with E-state index >= 15 is 0 Å². The van der Waals surface area contributed by atoms with Crippen molar-refractivity contribution in [3.8, 4) is 0 Å². The molecule has 0 radical (unpaired) electrons. The molecule has 1 heterocycles. The molecule has 1 atom stereocenters. The lowest BCUT2D eigenvalue weighted by molar-refractivity contribution is 0.112. The second-order valence-electron chi connectivity index (χ2n) is 3.35. The standard InChI is InChI=1S/C10H17BrN2OS/c1-2-5-14-7-8(13-12)6-9-3-4-10(11)15-9/h3-4,8,13H,2,5-7,12H2,1H3. The average molecular weight is 293 g/mol. The third kappa shape index (κ3) is 5.08. The van der Waals surface area contributed by atoms with Gasteiger partial charge in [-0.05, 0) is 34.5 Å². The Hall–Kier alpha value is 0.0600. The van der Waals surface area contributed by atoms with E-state index < -0.39 is 0 Å². The zero-order valence-corrected chi connectivity index (χ0v) is 11.2. The first-order valence-electron chi connectivity index (χ1n) is 5.04. The number of thiophene rings is 1. The summed E-state index contributed by atoms with van der Waals surface area (Å²) >= 11 is 5.18. The van der Waals surface area contributed by atoms with Crippen LogP contribution in [0.4, 0.5) is 0 Å². The Morgan fingerprint density at radius 2 is 2.40 bits per heavy atom. The van der Waals surface area contributed by atoms with Gasteiger partial charge >= 0.3 is 0 Å². The highest BCUT2D eigenvalue weighted by Crippen LogP contribution is 2.23. The Morgan fingerprint density at radius 1 is 1.60 bits per heavy atom. The molecular weight excluding hydrogens is 276 g/mol. The molecule has 1 aromatic heterocycles. The van der Waals surface area contributed by atoms with E-state index in [9.17, 15) is 0 Å². The Morgan fingerprint density at radius 3 is 2.93 bits per heavy atom. The molecule has 1 unspecified atom stereocenters. The van der Waals surface area contributed by atoms with E-state index in [1.807, 2.05) is 0 Å². The molecule has 0 aliphatic carbocycles. The van der Waals surface area contributed by atoms with Gasteiger partial charge in [0.05, 0.1) is 10.4 Å². The van der Waals surface area contributed by atoms with Gasteiger partial charge in [0.2, 0.25) is 0 Å². The molecule has 0 bridgehead atoms. The summed E-state index contributed by atoms with van der Waals surface area (Å²) in [7, 11) is 0. The van der Waals surface area contributed by atoms with Crippen molar-refractivity contribution in [2.75, 3.05) is 13.2 Å². The molecule has 86 valence electrons. The van der Waals surface area contributed by atoms with Crippen molar-refractivity contribution in [2.24, 2.45) is 5.84 Å². The van der Waals surface area contributed by atoms with Gasteiger partial charge in [0.1, 0.15) is 0 Å². The number of hydrogen-bond donors (Lipinski definition) is 2. The van der Waals surface area contributed by atoms with Crippen LogP contribution in [0, 0.1) is 0 Å². The molecule has 0 aliphatic heterocycles. The van der Waals surface area contributed by atoms with Crippen molar-refractivity contribution in [1.29, 1.82) is 0 Å². The summed E-state index contributed by atoms with van der Waals surface area (Å²) in [6.07, 6.45) is 1.96. The molecular formula is C10H17BrN2OS. The fourth-order valence-corrected chi connectivity index (χ4v) is 2.80. The molecule has 1 aromatic rings. The van der Waals surface area contributed by atoms with Gasteiger partial charge in [-0.1, -0.05) is 6.92 Å². The lowest BCUT2D eigenvalue weighted by Gasteiger charge is -2.14. The molecule has 0 saturated heterocycles. The Bertz CT molecular complexity index is 280. The summed E-state index contributed by atoms with van der Waals surface area (Å²) in [4.78, 5) is 1.31. The van der Waals surface area contributed by atoms with Gasteiger partial charge in [0, 0.05) is 23.9 Å². The summed E-state index contributed by atoms with van der Waals surface area (Å²) in [5, 5.41) is 0. The highest BCUT2D eigenvalue weighted by Gasteiger charge is 2.09. The molecule has 0 fully saturated rings. The van der Waals surface area contributed by atoms with Gasteiger partial charge in [-0.15, -0.1) is 11.3 Å². The van der Waals surface area contributed by atoms with E-state index in [2.05, 4.69) is 40.4 Å². The van der Waals surface area contributed by atoms with Crippen LogP contribution in [0.5, 0.6) is 0 Å². The molecule has 15 heavy (non-hydrogen) atoms. The molecule has 0 saturated carbocycles. The molecule has 3 N–H and O–H groups in total. The summed E-state index contributed by atoms with van der Waals surface area (Å²) in [6.45, 7) is 3.56. The van der Waals surface area contributed by atoms with Crippen LogP contribution >= 0.6 is 27.3 Å². The van der Waals surface area contributed by atoms with Crippen molar-refractivity contribution in [3.05, 3.63) is 20.8 Å². The molecule has 0 aliphatic rings. The third-order valence-corrected chi connectivity index (χ3v) is 3.63. The van der Waals surface area contributed by atoms with Crippen molar-refractivity contribution >= 4 is 27.3 Å². The number of nitrogens with two attached hydrogens (primary N) is 1. The van der Waals surface area contributed by atoms with Crippen molar-refractivity contribution < 1.29 is 4.74 Å². The zero-order chi connectivity index (χ0) is 11.1. The second-order valence-corrected chi connectivity index (χ2v) is 5.90. The minimum absolute atomic E-state index is 0.196. The maximum atomic E-state index is 5.47. The van der Waals surface area contributed by atoms with E-state index in [4.69, 9.17) is 10.6 Å². The Balaban J connectivity index is 2.33. The predicted molar refractivity (Wildman–Crippen MR) is 67.9 cm³/mol. The highest BCUT2D eigenvalue weighted by molar-refractivity contribution is 9.11. The van der Waals surface area contributed by atoms with Crippen LogP contribution in [-0.4, -0.2) is 19.3 Å². The molecule has 0 amide bonds. The summed E-state index contributed by atoms with van der Waals surface area (Å²) in [5.41, 5.74) is 2.79. The van der Waals surface area contributed by atoms with Crippen LogP contribution in [0.15, 0.2) is 15.9 Å². The molecule has 1 rings (SSSR count). The van der Waals surface area contributed by atoms with Gasteiger partial charge in [0.25, 0.3) is 0 Å². The van der Waals surface area contributed by atoms with Gasteiger partial charge in [-0.2, -0.15) is 0 Å². The first-order valence-corrected chi connectivity index (χ1v) is 6.65. The third-order valence-electron chi connectivity index (χ3n) is 1.98. The van der Waals surface area contributed by atoms with Crippen LogP contribution in [0.25, 0.3) is 0 Å². The second kappa shape index (κ2) is 7.35. The maximum absolute atomic E-state index is 5.47. The van der Waals surface area contributed by atoms with E-state index in [1.165, 1.54) is 4.88 Å². The molecule has 5 heteroatoms. The average Bonchev–Trinajstić information content (AvgIpc) is 2.63. The number of halogens is 1. The number of hydrazine groups is 1. The van der Waals surface area contributed by atoms with Crippen LogP contribution in [0.3, 0.4) is 0 Å². The van der Waals surface area contributed by atoms with E-state index in [0.29, 0.717) is 6.61 Å². The molecule has 0 aromatic carbocycles. The number of ether oxygens (including phenoxy) is 1. The van der Waals surface area contributed by atoms with Crippen LogP contribution in [0.2, 0.25) is 0 Å². The Kier molecular flexibility index (Phi) is 6.43. The van der Waals surface area contributed by atoms with E-state index in [1.54, 1.807) is 11.3 Å². The van der Waals surface area contributed by atoms with E-state index in [-0.39, 0.29) is 6.04 Å². The zero-order valence-electron chi connectivity index (χ0n) is 8.83. The highest BCUT2D eigenvalue weighted by atomic mass is 79.9. The maximum Gasteiger partial charge on any atom is 0.0701 e. The lowest BCUT2D eigenvalue weighted by Crippen LogP contribution is -2.40. The van der Waals surface area contributed by atoms with Gasteiger partial charge < -0.3 is 4.74 Å². The monoisotopic (exact) mass is 292 g/mol. The quantitative estimate of drug-likeness (QED) is 0.461. The normalized spacial score (nSPS) is 13.0. The fourth-order valence-electron chi connectivity index (χ4n) is 1.24. The summed E-state index contributed by atoms with van der Waals surface area (Å²) in [5.74, 6) is 5.47. The molecule has 3 nitrogen and oxygen atoms in total. The van der Waals surface area contributed by atoms with Crippen molar-refractivity contribution in [1.82, 2.24) is 5.43 Å². The van der Waals surface area contributed by atoms with E-state index in [0.717, 1.165) is 23.2 Å². The lowest BCUT2D eigenvalue weighted by atomic mass is 10.2. The first-order chi connectivity index (χ1) is 7.26. The molecule has 0 spiro atoms. The smallest absolute Gasteiger partial charge is 0.0701 e. The minimum atomic E-state index is 0.196. The van der Waals surface area contributed by atoms with Crippen molar-refractivity contribution in [2.45, 2.75) is 25.8 Å². The largest absolute Gasteiger partial charge is 0.380 e. The van der Waals surface area contributed by atoms with Gasteiger partial charge in [0.15, 0.2) is 0 Å². The van der Waals surface area contributed by atoms with Gasteiger partial charge in [-0.3, -0.25) is 11.3 Å². The summed E-state index contributed by atoms with van der Waals surface area (Å²) < 4.78 is 6.62. The number of rotatable bonds is 7. The fraction of sp³-hybridized carbons (Fsp3) is 0.600. The van der Waals surface area contributed by atoms with Crippen LogP contribution in [-0.2, 0) is 11.2 Å². The number of hydrogen-bond acceptors (Lipinski definition) is 4.